The average Bonchev–Trinajstić information content (AvgIpc) is 3.64. The second kappa shape index (κ2) is 69.7. The van der Waals surface area contributed by atoms with E-state index in [9.17, 15) is 0 Å². The van der Waals surface area contributed by atoms with E-state index in [4.69, 9.17) is 0 Å². The summed E-state index contributed by atoms with van der Waals surface area (Å²) in [5.41, 5.74) is 2.05. The van der Waals surface area contributed by atoms with Crippen LogP contribution in [0.15, 0.2) is 97.2 Å². The molecule has 0 aromatic rings. The van der Waals surface area contributed by atoms with E-state index < -0.39 is 0 Å². The third-order valence-corrected chi connectivity index (χ3v) is 17.4. The Balaban J connectivity index is -0.000000548. The van der Waals surface area contributed by atoms with E-state index >= 15 is 0 Å². The van der Waals surface area contributed by atoms with Gasteiger partial charge in [0.15, 0.2) is 0 Å². The van der Waals surface area contributed by atoms with Gasteiger partial charge in [-0.2, -0.15) is 0 Å². The molecule has 532 valence electrons. The number of unbranched alkanes of at least 4 members (excludes halogenated alkanes) is 21. The number of allylic oxidation sites excluding steroid dienone is 16. The lowest BCUT2D eigenvalue weighted by Gasteiger charge is -2.21. The molecular formula is C90H172. The highest BCUT2D eigenvalue weighted by Gasteiger charge is 2.14. The van der Waals surface area contributed by atoms with E-state index in [1.807, 2.05) is 0 Å². The summed E-state index contributed by atoms with van der Waals surface area (Å²) >= 11 is 0. The minimum absolute atomic E-state index is 0.505. The summed E-state index contributed by atoms with van der Waals surface area (Å²) in [7, 11) is 0. The molecule has 0 spiro atoms. The first-order valence-electron chi connectivity index (χ1n) is 40.0. The average molecular weight is 1250 g/mol. The van der Waals surface area contributed by atoms with Gasteiger partial charge in [0.25, 0.3) is 0 Å². The van der Waals surface area contributed by atoms with Crippen molar-refractivity contribution in [2.24, 2.45) is 45.3 Å². The molecule has 3 atom stereocenters. The maximum atomic E-state index is 2.48. The SMILES string of the molecule is CC(C)CCCC(C)CCCC(C)CCCC(C)CCC(C)(C)C.CC/C=C\C/C=C\C/C=C\CCCCCCCCC(C)(C)C.CCCCC/C=C\C/C=C\C/C=C\CCCCCC(C)(C)C.CCCCC/C=C\C/C=C\CCCCCCCCC(C)(C)C. The maximum Gasteiger partial charge on any atom is -0.0169 e. The molecule has 0 fully saturated rings. The molecule has 3 unspecified atom stereocenters. The molecule has 0 nitrogen and oxygen atoms in total. The van der Waals surface area contributed by atoms with E-state index in [1.54, 1.807) is 0 Å². The first kappa shape index (κ1) is 94.3. The van der Waals surface area contributed by atoms with Crippen molar-refractivity contribution in [2.45, 2.75) is 434 Å². The molecule has 0 saturated heterocycles. The highest BCUT2D eigenvalue weighted by Crippen LogP contribution is 2.28. The third-order valence-electron chi connectivity index (χ3n) is 17.4. The Bertz CT molecular complexity index is 1620. The van der Waals surface area contributed by atoms with Gasteiger partial charge in [0, 0.05) is 0 Å². The second-order valence-corrected chi connectivity index (χ2v) is 33.6. The van der Waals surface area contributed by atoms with Gasteiger partial charge in [0.05, 0.1) is 0 Å². The minimum Gasteiger partial charge on any atom is -0.0885 e. The van der Waals surface area contributed by atoms with Crippen LogP contribution in [0.5, 0.6) is 0 Å². The van der Waals surface area contributed by atoms with Gasteiger partial charge in [-0.3, -0.25) is 0 Å². The van der Waals surface area contributed by atoms with Gasteiger partial charge in [-0.15, -0.1) is 0 Å². The molecule has 0 rings (SSSR count). The van der Waals surface area contributed by atoms with Crippen LogP contribution < -0.4 is 0 Å². The van der Waals surface area contributed by atoms with Gasteiger partial charge in [-0.1, -0.05) is 403 Å². The zero-order chi connectivity index (χ0) is 68.2. The van der Waals surface area contributed by atoms with Gasteiger partial charge in [-0.05, 0) is 174 Å². The van der Waals surface area contributed by atoms with Crippen LogP contribution >= 0.6 is 0 Å². The smallest absolute Gasteiger partial charge is 0.0169 e. The van der Waals surface area contributed by atoms with Gasteiger partial charge in [0.1, 0.15) is 0 Å². The fourth-order valence-electron chi connectivity index (χ4n) is 11.1. The molecule has 0 heterocycles. The quantitative estimate of drug-likeness (QED) is 0.0421. The second-order valence-electron chi connectivity index (χ2n) is 33.6. The van der Waals surface area contributed by atoms with E-state index in [1.165, 1.54) is 257 Å². The largest absolute Gasteiger partial charge is 0.0885 e. The van der Waals surface area contributed by atoms with Crippen LogP contribution in [-0.4, -0.2) is 0 Å². The van der Waals surface area contributed by atoms with E-state index in [-0.39, 0.29) is 0 Å². The molecule has 90 heavy (non-hydrogen) atoms. The zero-order valence-corrected chi connectivity index (χ0v) is 66.1. The van der Waals surface area contributed by atoms with E-state index in [0.717, 1.165) is 62.2 Å². The molecule has 0 aliphatic heterocycles. The van der Waals surface area contributed by atoms with Crippen LogP contribution in [0.25, 0.3) is 0 Å². The first-order valence-corrected chi connectivity index (χ1v) is 40.0. The topological polar surface area (TPSA) is 0 Å². The van der Waals surface area contributed by atoms with Crippen molar-refractivity contribution in [1.29, 1.82) is 0 Å². The lowest BCUT2D eigenvalue weighted by Crippen LogP contribution is -2.08. The van der Waals surface area contributed by atoms with Crippen LogP contribution in [0.4, 0.5) is 0 Å². The highest BCUT2D eigenvalue weighted by atomic mass is 14.2. The van der Waals surface area contributed by atoms with Gasteiger partial charge < -0.3 is 0 Å². The fraction of sp³-hybridized carbons (Fsp3) is 0.822. The number of rotatable bonds is 54. The molecule has 0 saturated carbocycles. The van der Waals surface area contributed by atoms with Crippen molar-refractivity contribution >= 4 is 0 Å². The summed E-state index contributed by atoms with van der Waals surface area (Å²) in [5.74, 6) is 3.66. The van der Waals surface area contributed by atoms with Gasteiger partial charge >= 0.3 is 0 Å². The molecule has 0 bridgehead atoms. The normalized spacial score (nSPS) is 13.9. The molecular weight excluding hydrogens is 1080 g/mol. The Morgan fingerprint density at radius 1 is 0.211 bits per heavy atom. The van der Waals surface area contributed by atoms with Crippen molar-refractivity contribution in [1.82, 2.24) is 0 Å². The van der Waals surface area contributed by atoms with Crippen molar-refractivity contribution in [3.05, 3.63) is 97.2 Å². The lowest BCUT2D eigenvalue weighted by molar-refractivity contribution is 0.313. The summed E-state index contributed by atoms with van der Waals surface area (Å²) < 4.78 is 0. The molecule has 0 aromatic carbocycles. The van der Waals surface area contributed by atoms with Gasteiger partial charge in [0.2, 0.25) is 0 Å². The molecule has 0 aliphatic rings. The Morgan fingerprint density at radius 2 is 0.433 bits per heavy atom. The zero-order valence-electron chi connectivity index (χ0n) is 66.1. The predicted molar refractivity (Wildman–Crippen MR) is 423 cm³/mol. The third kappa shape index (κ3) is 99.5. The number of hydrogen-bond acceptors (Lipinski definition) is 0. The molecule has 0 N–H and O–H groups in total. The summed E-state index contributed by atoms with van der Waals surface area (Å²) in [6.07, 6.45) is 98.7. The van der Waals surface area contributed by atoms with Crippen molar-refractivity contribution in [3.63, 3.8) is 0 Å². The molecule has 0 radical (unpaired) electrons. The summed E-state index contributed by atoms with van der Waals surface area (Å²) in [6, 6.07) is 0. The van der Waals surface area contributed by atoms with Crippen molar-refractivity contribution < 1.29 is 0 Å². The maximum absolute atomic E-state index is 2.48. The van der Waals surface area contributed by atoms with Crippen LogP contribution in [0.3, 0.4) is 0 Å². The predicted octanol–water partition coefficient (Wildman–Crippen LogP) is 33.1. The fourth-order valence-corrected chi connectivity index (χ4v) is 11.1. The Labute approximate surface area is 573 Å². The van der Waals surface area contributed by atoms with Crippen LogP contribution in [0.2, 0.25) is 0 Å². The van der Waals surface area contributed by atoms with Crippen molar-refractivity contribution in [2.75, 3.05) is 0 Å². The summed E-state index contributed by atoms with van der Waals surface area (Å²) in [6.45, 7) is 46.9. The number of hydrogen-bond donors (Lipinski definition) is 0. The van der Waals surface area contributed by atoms with E-state index in [0.29, 0.717) is 21.7 Å². The molecule has 0 aromatic heterocycles. The highest BCUT2D eigenvalue weighted by molar-refractivity contribution is 4.98. The van der Waals surface area contributed by atoms with Gasteiger partial charge in [-0.25, -0.2) is 0 Å². The molecule has 0 aliphatic carbocycles. The lowest BCUT2D eigenvalue weighted by atomic mass is 9.85. The van der Waals surface area contributed by atoms with E-state index in [2.05, 4.69) is 236 Å². The van der Waals surface area contributed by atoms with Crippen LogP contribution in [0, 0.1) is 45.3 Å². The van der Waals surface area contributed by atoms with Crippen LogP contribution in [0.1, 0.15) is 434 Å². The molecule has 0 amide bonds. The minimum atomic E-state index is 0.505. The summed E-state index contributed by atoms with van der Waals surface area (Å²) in [5, 5.41) is 0. The Morgan fingerprint density at radius 3 is 0.700 bits per heavy atom. The van der Waals surface area contributed by atoms with Crippen molar-refractivity contribution in [3.8, 4) is 0 Å². The standard InChI is InChI=1S/C24H50.C22H42.2C22H40/c1-20(2)12-9-13-21(3)14-10-15-22(4)16-11-17-23(5)18-19-24(6,7)8;3*1-5-6-7-8-9-10-11-12-13-14-15-16-17-18-19-20-21-22(2,3)4/h20-23H,9-19H2,1-8H3;9-10,12-13H,5-8,11,14-21H2,1-4H3;9-10,12-13,15-16H,5-8,11,14,17-21H2,1-4H3;6-7,9-10,12-13H,5,8,11,14-21H2,1-4H3/b;10-9-,13-12-;10-9-,13-12-,16-15-;7-6-,10-9-,13-12-. The monoisotopic (exact) mass is 1250 g/mol. The first-order chi connectivity index (χ1) is 42.8. The Kier molecular flexibility index (Phi) is 73.1. The Hall–Kier alpha value is -2.08. The summed E-state index contributed by atoms with van der Waals surface area (Å²) in [4.78, 5) is 0. The molecule has 0 heteroatoms. The van der Waals surface area contributed by atoms with Crippen LogP contribution in [-0.2, 0) is 0 Å².